The van der Waals surface area contributed by atoms with Gasteiger partial charge in [-0.15, -0.1) is 0 Å². The lowest BCUT2D eigenvalue weighted by molar-refractivity contribution is 0.0950. The Labute approximate surface area is 141 Å². The second-order valence-corrected chi connectivity index (χ2v) is 5.45. The van der Waals surface area contributed by atoms with Crippen LogP contribution in [0.15, 0.2) is 42.6 Å². The minimum Gasteiger partial charge on any atom is -0.385 e. The average Bonchev–Trinajstić information content (AvgIpc) is 2.58. The van der Waals surface area contributed by atoms with Crippen molar-refractivity contribution in [3.05, 3.63) is 58.7 Å². The van der Waals surface area contributed by atoms with E-state index in [4.69, 9.17) is 16.3 Å². The second kappa shape index (κ2) is 9.12. The molecule has 5 nitrogen and oxygen atoms in total. The van der Waals surface area contributed by atoms with E-state index in [0.717, 1.165) is 24.3 Å². The van der Waals surface area contributed by atoms with Gasteiger partial charge in [-0.3, -0.25) is 4.79 Å². The van der Waals surface area contributed by atoms with E-state index >= 15 is 0 Å². The third-order valence-electron chi connectivity index (χ3n) is 3.22. The number of carbonyl (C=O) groups excluding carboxylic acids is 1. The Morgan fingerprint density at radius 1 is 1.22 bits per heavy atom. The molecular weight excluding hydrogens is 314 g/mol. The summed E-state index contributed by atoms with van der Waals surface area (Å²) >= 11 is 5.83. The van der Waals surface area contributed by atoms with Gasteiger partial charge in [-0.25, -0.2) is 4.98 Å². The van der Waals surface area contributed by atoms with E-state index in [1.54, 1.807) is 37.6 Å². The van der Waals surface area contributed by atoms with Gasteiger partial charge in [0.05, 0.1) is 5.56 Å². The smallest absolute Gasteiger partial charge is 0.253 e. The van der Waals surface area contributed by atoms with Crippen LogP contribution < -0.4 is 10.6 Å². The Kier molecular flexibility index (Phi) is 6.84. The minimum absolute atomic E-state index is 0.154. The summed E-state index contributed by atoms with van der Waals surface area (Å²) in [4.78, 5) is 16.3. The first kappa shape index (κ1) is 17.2. The van der Waals surface area contributed by atoms with Gasteiger partial charge in [0.1, 0.15) is 5.82 Å². The van der Waals surface area contributed by atoms with Crippen LogP contribution >= 0.6 is 11.6 Å². The van der Waals surface area contributed by atoms with Crippen LogP contribution in [0.2, 0.25) is 5.02 Å². The lowest BCUT2D eigenvalue weighted by Gasteiger charge is -2.07. The molecule has 0 saturated carbocycles. The Balaban J connectivity index is 1.81. The fourth-order valence-corrected chi connectivity index (χ4v) is 2.08. The van der Waals surface area contributed by atoms with E-state index in [0.29, 0.717) is 23.7 Å². The normalized spacial score (nSPS) is 10.3. The summed E-state index contributed by atoms with van der Waals surface area (Å²) < 4.78 is 4.98. The summed E-state index contributed by atoms with van der Waals surface area (Å²) in [6.07, 6.45) is 2.47. The van der Waals surface area contributed by atoms with E-state index in [1.165, 1.54) is 0 Å². The van der Waals surface area contributed by atoms with Gasteiger partial charge in [0.2, 0.25) is 0 Å². The highest BCUT2D eigenvalue weighted by Gasteiger charge is 2.06. The molecule has 0 fully saturated rings. The topological polar surface area (TPSA) is 63.2 Å². The van der Waals surface area contributed by atoms with Crippen molar-refractivity contribution in [2.24, 2.45) is 0 Å². The van der Waals surface area contributed by atoms with Crippen molar-refractivity contribution < 1.29 is 9.53 Å². The third-order valence-corrected chi connectivity index (χ3v) is 3.48. The third kappa shape index (κ3) is 5.88. The number of ether oxygens (including phenoxy) is 1. The summed E-state index contributed by atoms with van der Waals surface area (Å²) in [5, 5.41) is 6.71. The molecule has 2 N–H and O–H groups in total. The number of carbonyl (C=O) groups is 1. The number of anilines is 1. The van der Waals surface area contributed by atoms with Crippen molar-refractivity contribution in [1.82, 2.24) is 10.3 Å². The average molecular weight is 334 g/mol. The first-order valence-electron chi connectivity index (χ1n) is 7.40. The van der Waals surface area contributed by atoms with E-state index in [9.17, 15) is 4.79 Å². The number of nitrogens with one attached hydrogen (secondary N) is 2. The van der Waals surface area contributed by atoms with Crippen molar-refractivity contribution >= 4 is 23.3 Å². The summed E-state index contributed by atoms with van der Waals surface area (Å²) in [7, 11) is 1.68. The zero-order valence-corrected chi connectivity index (χ0v) is 13.8. The summed E-state index contributed by atoms with van der Waals surface area (Å²) in [5.74, 6) is 0.591. The summed E-state index contributed by atoms with van der Waals surface area (Å²) in [5.41, 5.74) is 1.52. The zero-order valence-electron chi connectivity index (χ0n) is 13.0. The number of pyridine rings is 1. The number of amides is 1. The number of halogens is 1. The first-order chi connectivity index (χ1) is 11.2. The molecule has 2 aromatic rings. The first-order valence-corrected chi connectivity index (χ1v) is 7.78. The van der Waals surface area contributed by atoms with Gasteiger partial charge in [-0.2, -0.15) is 0 Å². The molecule has 1 heterocycles. The predicted octanol–water partition coefficient (Wildman–Crippen LogP) is 3.11. The van der Waals surface area contributed by atoms with Crippen molar-refractivity contribution in [3.8, 4) is 0 Å². The van der Waals surface area contributed by atoms with Crippen LogP contribution in [0.3, 0.4) is 0 Å². The fraction of sp³-hybridized carbons (Fsp3) is 0.294. The number of methoxy groups -OCH3 is 1. The van der Waals surface area contributed by atoms with Crippen LogP contribution in [0, 0.1) is 0 Å². The fourth-order valence-electron chi connectivity index (χ4n) is 1.95. The molecule has 0 aliphatic carbocycles. The van der Waals surface area contributed by atoms with Crippen LogP contribution in [-0.4, -0.2) is 31.2 Å². The molecule has 2 rings (SSSR count). The van der Waals surface area contributed by atoms with Crippen molar-refractivity contribution in [3.63, 3.8) is 0 Å². The number of hydrogen-bond acceptors (Lipinski definition) is 4. The van der Waals surface area contributed by atoms with Crippen LogP contribution in [0.25, 0.3) is 0 Å². The van der Waals surface area contributed by atoms with E-state index in [-0.39, 0.29) is 5.91 Å². The Morgan fingerprint density at radius 3 is 2.65 bits per heavy atom. The molecule has 122 valence electrons. The second-order valence-electron chi connectivity index (χ2n) is 5.01. The highest BCUT2D eigenvalue weighted by molar-refractivity contribution is 6.30. The Bertz CT molecular complexity index is 615. The molecule has 0 radical (unpaired) electrons. The number of aromatic nitrogens is 1. The number of benzene rings is 1. The quantitative estimate of drug-likeness (QED) is 0.729. The van der Waals surface area contributed by atoms with E-state index < -0.39 is 0 Å². The molecule has 0 atom stereocenters. The van der Waals surface area contributed by atoms with Crippen molar-refractivity contribution in [2.45, 2.75) is 13.0 Å². The van der Waals surface area contributed by atoms with Gasteiger partial charge >= 0.3 is 0 Å². The standard InChI is InChI=1S/C17H20ClN3O2/c1-23-10-2-9-19-16-8-5-14(12-20-16)17(22)21-11-13-3-6-15(18)7-4-13/h3-8,12H,2,9-11H2,1H3,(H,19,20)(H,21,22). The molecular formula is C17H20ClN3O2. The van der Waals surface area contributed by atoms with Gasteiger partial charge in [-0.1, -0.05) is 23.7 Å². The molecule has 1 amide bonds. The maximum atomic E-state index is 12.1. The van der Waals surface area contributed by atoms with Crippen LogP contribution in [0.4, 0.5) is 5.82 Å². The van der Waals surface area contributed by atoms with Crippen molar-refractivity contribution in [2.75, 3.05) is 25.6 Å². The molecule has 0 aliphatic heterocycles. The van der Waals surface area contributed by atoms with Crippen molar-refractivity contribution in [1.29, 1.82) is 0 Å². The highest BCUT2D eigenvalue weighted by Crippen LogP contribution is 2.10. The summed E-state index contributed by atoms with van der Waals surface area (Å²) in [6, 6.07) is 10.9. The van der Waals surface area contributed by atoms with Crippen LogP contribution in [0.5, 0.6) is 0 Å². The largest absolute Gasteiger partial charge is 0.385 e. The van der Waals surface area contributed by atoms with Gasteiger partial charge in [0.15, 0.2) is 0 Å². The number of rotatable bonds is 8. The van der Waals surface area contributed by atoms with Crippen LogP contribution in [-0.2, 0) is 11.3 Å². The Hall–Kier alpha value is -2.11. The molecule has 0 unspecified atom stereocenters. The molecule has 0 spiro atoms. The Morgan fingerprint density at radius 2 is 2.00 bits per heavy atom. The zero-order chi connectivity index (χ0) is 16.5. The van der Waals surface area contributed by atoms with Gasteiger partial charge in [0, 0.05) is 38.0 Å². The highest BCUT2D eigenvalue weighted by atomic mass is 35.5. The van der Waals surface area contributed by atoms with Gasteiger partial charge < -0.3 is 15.4 Å². The summed E-state index contributed by atoms with van der Waals surface area (Å²) in [6.45, 7) is 1.94. The maximum absolute atomic E-state index is 12.1. The predicted molar refractivity (Wildman–Crippen MR) is 91.8 cm³/mol. The SMILES string of the molecule is COCCCNc1ccc(C(=O)NCc2ccc(Cl)cc2)cn1. The van der Waals surface area contributed by atoms with E-state index in [2.05, 4.69) is 15.6 Å². The lowest BCUT2D eigenvalue weighted by atomic mass is 10.2. The van der Waals surface area contributed by atoms with E-state index in [1.807, 2.05) is 12.1 Å². The lowest BCUT2D eigenvalue weighted by Crippen LogP contribution is -2.23. The number of nitrogens with zero attached hydrogens (tertiary/aromatic N) is 1. The van der Waals surface area contributed by atoms with Gasteiger partial charge in [0.25, 0.3) is 5.91 Å². The minimum atomic E-state index is -0.154. The maximum Gasteiger partial charge on any atom is 0.253 e. The molecule has 0 saturated heterocycles. The molecule has 23 heavy (non-hydrogen) atoms. The van der Waals surface area contributed by atoms with Gasteiger partial charge in [-0.05, 0) is 36.2 Å². The molecule has 1 aromatic carbocycles. The molecule has 1 aromatic heterocycles. The molecule has 0 bridgehead atoms. The monoisotopic (exact) mass is 333 g/mol. The molecule has 0 aliphatic rings. The molecule has 6 heteroatoms. The van der Waals surface area contributed by atoms with Crippen LogP contribution in [0.1, 0.15) is 22.3 Å². The number of hydrogen-bond donors (Lipinski definition) is 2.